The number of anilines is 1. The first-order chi connectivity index (χ1) is 17.3. The van der Waals surface area contributed by atoms with Gasteiger partial charge in [0.2, 0.25) is 0 Å². The molecule has 0 bridgehead atoms. The molecule has 0 aliphatic carbocycles. The predicted molar refractivity (Wildman–Crippen MR) is 139 cm³/mol. The number of nitro groups is 2. The molecule has 182 valence electrons. The number of rotatable bonds is 7. The number of allylic oxidation sites excluding steroid dienone is 1. The maximum atomic E-state index is 13.3. The average Bonchev–Trinajstić information content (AvgIpc) is 2.88. The minimum Gasteiger partial charge on any atom is -0.338 e. The largest absolute Gasteiger partial charge is 0.338 e. The van der Waals surface area contributed by atoms with Crippen molar-refractivity contribution < 1.29 is 14.6 Å². The molecule has 11 heteroatoms. The summed E-state index contributed by atoms with van der Waals surface area (Å²) in [7, 11) is 0. The smallest absolute Gasteiger partial charge is 0.269 e. The molecule has 3 aromatic carbocycles. The minimum absolute atomic E-state index is 0.0955. The van der Waals surface area contributed by atoms with E-state index < -0.39 is 21.8 Å². The van der Waals surface area contributed by atoms with Crippen molar-refractivity contribution in [1.82, 2.24) is 5.32 Å². The number of benzene rings is 3. The molecule has 0 spiro atoms. The fourth-order valence-electron chi connectivity index (χ4n) is 3.66. The Morgan fingerprint density at radius 3 is 2.33 bits per heavy atom. The Bertz CT molecular complexity index is 1370. The second-order valence-electron chi connectivity index (χ2n) is 7.88. The van der Waals surface area contributed by atoms with Crippen molar-refractivity contribution in [2.24, 2.45) is 4.99 Å². The fraction of sp³-hybridized carbons (Fsp3) is 0.120. The molecule has 36 heavy (non-hydrogen) atoms. The number of aliphatic imine (C=N–C) groups is 1. The summed E-state index contributed by atoms with van der Waals surface area (Å²) in [5.74, 6) is 0.174. The number of nitrogens with zero attached hydrogens (tertiary/aromatic N) is 3. The Hall–Kier alpha value is -4.51. The van der Waals surface area contributed by atoms with Gasteiger partial charge in [-0.2, -0.15) is 0 Å². The van der Waals surface area contributed by atoms with Gasteiger partial charge in [-0.15, -0.1) is 0 Å². The molecule has 10 nitrogen and oxygen atoms in total. The van der Waals surface area contributed by atoms with E-state index in [0.717, 1.165) is 5.56 Å². The minimum atomic E-state index is -0.789. The summed E-state index contributed by atoms with van der Waals surface area (Å²) in [6.45, 7) is 1.74. The Balaban J connectivity index is 1.64. The highest BCUT2D eigenvalue weighted by Crippen LogP contribution is 2.35. The van der Waals surface area contributed by atoms with Crippen LogP contribution in [-0.2, 0) is 10.5 Å². The van der Waals surface area contributed by atoms with E-state index in [4.69, 9.17) is 4.99 Å². The average molecular weight is 504 g/mol. The van der Waals surface area contributed by atoms with E-state index >= 15 is 0 Å². The van der Waals surface area contributed by atoms with E-state index in [-0.39, 0.29) is 16.9 Å². The topological polar surface area (TPSA) is 140 Å². The van der Waals surface area contributed by atoms with Crippen LogP contribution in [-0.4, -0.2) is 20.9 Å². The molecule has 1 aliphatic rings. The molecule has 1 heterocycles. The Labute approximate surface area is 210 Å². The van der Waals surface area contributed by atoms with Crippen molar-refractivity contribution >= 4 is 39.9 Å². The second kappa shape index (κ2) is 10.8. The summed E-state index contributed by atoms with van der Waals surface area (Å²) in [5.41, 5.74) is 2.61. The van der Waals surface area contributed by atoms with Gasteiger partial charge in [0.25, 0.3) is 17.3 Å². The number of hydrogen-bond donors (Lipinski definition) is 2. The van der Waals surface area contributed by atoms with Crippen molar-refractivity contribution in [2.45, 2.75) is 18.7 Å². The molecule has 0 aromatic heterocycles. The summed E-state index contributed by atoms with van der Waals surface area (Å²) in [6, 6.07) is 20.6. The molecule has 0 saturated heterocycles. The third kappa shape index (κ3) is 5.76. The molecule has 2 N–H and O–H groups in total. The first-order valence-electron chi connectivity index (χ1n) is 10.8. The van der Waals surface area contributed by atoms with Crippen LogP contribution in [0.15, 0.2) is 95.1 Å². The van der Waals surface area contributed by atoms with Gasteiger partial charge in [0.1, 0.15) is 6.04 Å². The van der Waals surface area contributed by atoms with Crippen molar-refractivity contribution in [3.63, 3.8) is 0 Å². The summed E-state index contributed by atoms with van der Waals surface area (Å²) in [5, 5.41) is 28.8. The zero-order chi connectivity index (χ0) is 25.7. The molecule has 0 saturated carbocycles. The van der Waals surface area contributed by atoms with Gasteiger partial charge < -0.3 is 10.6 Å². The van der Waals surface area contributed by atoms with Crippen LogP contribution in [0.5, 0.6) is 0 Å². The molecule has 3 aromatic rings. The molecule has 1 aliphatic heterocycles. The van der Waals surface area contributed by atoms with Crippen LogP contribution in [0.3, 0.4) is 0 Å². The number of carbonyl (C=O) groups is 1. The molecule has 1 atom stereocenters. The highest BCUT2D eigenvalue weighted by atomic mass is 32.2. The first kappa shape index (κ1) is 24.6. The summed E-state index contributed by atoms with van der Waals surface area (Å²) in [4.78, 5) is 39.3. The monoisotopic (exact) mass is 503 g/mol. The number of hydrogen-bond acceptors (Lipinski definition) is 8. The Morgan fingerprint density at radius 1 is 0.972 bits per heavy atom. The molecule has 0 fully saturated rings. The van der Waals surface area contributed by atoms with Crippen LogP contribution < -0.4 is 10.6 Å². The van der Waals surface area contributed by atoms with E-state index in [1.807, 2.05) is 30.3 Å². The molecule has 1 unspecified atom stereocenters. The maximum Gasteiger partial charge on any atom is 0.269 e. The quantitative estimate of drug-likeness (QED) is 0.327. The molecule has 4 rings (SSSR count). The molecule has 1 amide bonds. The van der Waals surface area contributed by atoms with Crippen molar-refractivity contribution in [3.8, 4) is 0 Å². The first-order valence-corrected chi connectivity index (χ1v) is 11.8. The Morgan fingerprint density at radius 2 is 1.67 bits per heavy atom. The van der Waals surface area contributed by atoms with Crippen LogP contribution in [0.4, 0.5) is 17.1 Å². The van der Waals surface area contributed by atoms with Crippen molar-refractivity contribution in [3.05, 3.63) is 121 Å². The van der Waals surface area contributed by atoms with Crippen LogP contribution in [0.1, 0.15) is 24.1 Å². The number of carbonyl (C=O) groups excluding carboxylic acids is 1. The second-order valence-corrected chi connectivity index (χ2v) is 8.85. The third-order valence-electron chi connectivity index (χ3n) is 5.41. The third-order valence-corrected chi connectivity index (χ3v) is 6.37. The van der Waals surface area contributed by atoms with Gasteiger partial charge in [-0.05, 0) is 30.2 Å². The van der Waals surface area contributed by atoms with Gasteiger partial charge in [0.15, 0.2) is 5.17 Å². The van der Waals surface area contributed by atoms with Gasteiger partial charge in [-0.25, -0.2) is 4.99 Å². The van der Waals surface area contributed by atoms with E-state index in [9.17, 15) is 25.0 Å². The lowest BCUT2D eigenvalue weighted by Crippen LogP contribution is -2.32. The van der Waals surface area contributed by atoms with Crippen LogP contribution >= 0.6 is 11.8 Å². The molecular formula is C25H21N5O5S. The predicted octanol–water partition coefficient (Wildman–Crippen LogP) is 5.35. The normalized spacial score (nSPS) is 15.0. The highest BCUT2D eigenvalue weighted by molar-refractivity contribution is 8.13. The molecular weight excluding hydrogens is 482 g/mol. The highest BCUT2D eigenvalue weighted by Gasteiger charge is 2.30. The lowest BCUT2D eigenvalue weighted by atomic mass is 9.95. The number of nitro benzene ring substituents is 2. The number of non-ortho nitro benzene ring substituents is 2. The van der Waals surface area contributed by atoms with E-state index in [0.29, 0.717) is 27.9 Å². The van der Waals surface area contributed by atoms with Gasteiger partial charge >= 0.3 is 0 Å². The van der Waals surface area contributed by atoms with E-state index in [2.05, 4.69) is 10.6 Å². The van der Waals surface area contributed by atoms with E-state index in [1.165, 1.54) is 48.2 Å². The van der Waals surface area contributed by atoms with Crippen LogP contribution in [0, 0.1) is 20.2 Å². The summed E-state index contributed by atoms with van der Waals surface area (Å²) in [6.07, 6.45) is 0. The van der Waals surface area contributed by atoms with E-state index in [1.54, 1.807) is 19.1 Å². The maximum absolute atomic E-state index is 13.3. The zero-order valence-corrected chi connectivity index (χ0v) is 19.9. The Kier molecular flexibility index (Phi) is 7.40. The fourth-order valence-corrected chi connectivity index (χ4v) is 4.56. The number of amides is 1. The van der Waals surface area contributed by atoms with Crippen LogP contribution in [0.2, 0.25) is 0 Å². The van der Waals surface area contributed by atoms with Gasteiger partial charge in [-0.1, -0.05) is 54.2 Å². The van der Waals surface area contributed by atoms with Crippen molar-refractivity contribution in [2.75, 3.05) is 5.32 Å². The van der Waals surface area contributed by atoms with Gasteiger partial charge in [0, 0.05) is 41.4 Å². The zero-order valence-electron chi connectivity index (χ0n) is 19.1. The van der Waals surface area contributed by atoms with Gasteiger partial charge in [0.05, 0.1) is 15.4 Å². The number of thioether (sulfide) groups is 1. The van der Waals surface area contributed by atoms with Crippen LogP contribution in [0.25, 0.3) is 0 Å². The SMILES string of the molecule is CC1=C(C(=O)Nc2ccc([N+](=O)[O-])cc2)C(c2cccc([N+](=O)[O-])c2)N=C(SCc2ccccc2)N1. The van der Waals surface area contributed by atoms with Gasteiger partial charge in [-0.3, -0.25) is 25.0 Å². The lowest BCUT2D eigenvalue weighted by Gasteiger charge is -2.26. The molecule has 0 radical (unpaired) electrons. The standard InChI is InChI=1S/C25H21N5O5S/c1-16-22(24(31)27-19-10-12-20(13-11-19)29(32)33)23(18-8-5-9-21(14-18)30(34)35)28-25(26-16)36-15-17-6-3-2-4-7-17/h2-14,23H,15H2,1H3,(H,26,28)(H,27,31). The summed E-state index contributed by atoms with van der Waals surface area (Å²) < 4.78 is 0. The number of nitrogens with one attached hydrogen (secondary N) is 2. The lowest BCUT2D eigenvalue weighted by molar-refractivity contribution is -0.385. The number of amidine groups is 1. The van der Waals surface area contributed by atoms with Crippen molar-refractivity contribution in [1.29, 1.82) is 0 Å². The summed E-state index contributed by atoms with van der Waals surface area (Å²) >= 11 is 1.46.